The van der Waals surface area contributed by atoms with Gasteiger partial charge >= 0.3 is 0 Å². The molecule has 30 heavy (non-hydrogen) atoms. The van der Waals surface area contributed by atoms with Gasteiger partial charge in [0.2, 0.25) is 5.89 Å². The molecule has 0 fully saturated rings. The zero-order chi connectivity index (χ0) is 21.1. The molecule has 4 aromatic rings. The van der Waals surface area contributed by atoms with E-state index in [4.69, 9.17) is 21.4 Å². The largest absolute Gasteiger partial charge is 0.496 e. The lowest BCUT2D eigenvalue weighted by atomic mass is 10.1. The number of para-hydroxylation sites is 1. The maximum Gasteiger partial charge on any atom is 0.261 e. The van der Waals surface area contributed by atoms with E-state index in [0.29, 0.717) is 28.4 Å². The molecule has 2 aromatic heterocycles. The Kier molecular flexibility index (Phi) is 5.40. The van der Waals surface area contributed by atoms with Gasteiger partial charge in [0.1, 0.15) is 5.75 Å². The summed E-state index contributed by atoms with van der Waals surface area (Å²) in [6.45, 7) is 1.93. The number of fused-ring (bicyclic) bond motifs is 1. The molecule has 0 aliphatic rings. The summed E-state index contributed by atoms with van der Waals surface area (Å²) < 4.78 is 11.0. The van der Waals surface area contributed by atoms with Crippen LogP contribution in [0.15, 0.2) is 65.2 Å². The molecule has 0 saturated heterocycles. The number of oxazole rings is 1. The number of nitrogens with one attached hydrogen (secondary N) is 2. The highest BCUT2D eigenvalue weighted by molar-refractivity contribution is 7.80. The highest BCUT2D eigenvalue weighted by Gasteiger charge is 2.14. The number of benzene rings is 2. The number of amides is 1. The molecule has 0 bridgehead atoms. The Balaban J connectivity index is 1.53. The molecule has 0 aliphatic carbocycles. The highest BCUT2D eigenvalue weighted by Crippen LogP contribution is 2.27. The molecule has 150 valence electrons. The maximum atomic E-state index is 12.5. The Morgan fingerprint density at radius 3 is 2.77 bits per heavy atom. The van der Waals surface area contributed by atoms with Gasteiger partial charge in [-0.2, -0.15) is 4.98 Å². The molecule has 7 nitrogen and oxygen atoms in total. The van der Waals surface area contributed by atoms with E-state index < -0.39 is 0 Å². The normalized spacial score (nSPS) is 10.6. The summed E-state index contributed by atoms with van der Waals surface area (Å²) in [5, 5.41) is 5.92. The number of carbonyl (C=O) groups excluding carboxylic acids is 1. The standard InChI is InChI=1S/C22H18N4O3S/c1-13-9-10-14(21-25-19-18(29-21)8-5-11-23-19)12-16(13)24-22(30)26-20(27)15-6-3-4-7-17(15)28-2/h3-12H,1-2H3,(H2,24,26,27,30). The highest BCUT2D eigenvalue weighted by atomic mass is 32.1. The number of hydrogen-bond acceptors (Lipinski definition) is 6. The minimum absolute atomic E-state index is 0.172. The number of anilines is 1. The molecule has 0 aliphatic heterocycles. The number of aryl methyl sites for hydroxylation is 1. The van der Waals surface area contributed by atoms with Gasteiger partial charge in [-0.3, -0.25) is 10.1 Å². The van der Waals surface area contributed by atoms with Gasteiger partial charge < -0.3 is 14.5 Å². The number of carbonyl (C=O) groups is 1. The van der Waals surface area contributed by atoms with Crippen molar-refractivity contribution in [1.29, 1.82) is 0 Å². The van der Waals surface area contributed by atoms with E-state index in [9.17, 15) is 4.79 Å². The van der Waals surface area contributed by atoms with Gasteiger partial charge in [0.15, 0.2) is 16.3 Å². The molecule has 1 amide bonds. The second kappa shape index (κ2) is 8.30. The van der Waals surface area contributed by atoms with Gasteiger partial charge in [0.05, 0.1) is 12.7 Å². The summed E-state index contributed by atoms with van der Waals surface area (Å²) in [4.78, 5) is 21.2. The smallest absolute Gasteiger partial charge is 0.261 e. The van der Waals surface area contributed by atoms with Crippen molar-refractivity contribution in [1.82, 2.24) is 15.3 Å². The summed E-state index contributed by atoms with van der Waals surface area (Å²) >= 11 is 5.33. The van der Waals surface area contributed by atoms with Gasteiger partial charge in [-0.25, -0.2) is 4.98 Å². The monoisotopic (exact) mass is 418 g/mol. The third-order valence-electron chi connectivity index (χ3n) is 4.48. The van der Waals surface area contributed by atoms with Crippen molar-refractivity contribution in [3.63, 3.8) is 0 Å². The predicted molar refractivity (Wildman–Crippen MR) is 119 cm³/mol. The molecule has 0 radical (unpaired) electrons. The minimum atomic E-state index is -0.358. The van der Waals surface area contributed by atoms with Crippen LogP contribution in [0, 0.1) is 6.92 Å². The number of pyridine rings is 1. The van der Waals surface area contributed by atoms with Crippen molar-refractivity contribution in [2.24, 2.45) is 0 Å². The molecule has 0 saturated carbocycles. The number of rotatable bonds is 4. The maximum absolute atomic E-state index is 12.5. The number of hydrogen-bond donors (Lipinski definition) is 2. The average Bonchev–Trinajstić information content (AvgIpc) is 3.19. The average molecular weight is 418 g/mol. The molecule has 0 spiro atoms. The molecule has 2 heterocycles. The number of aromatic nitrogens is 2. The van der Waals surface area contributed by atoms with Crippen LogP contribution in [-0.2, 0) is 0 Å². The summed E-state index contributed by atoms with van der Waals surface area (Å²) in [5.41, 5.74) is 3.99. The van der Waals surface area contributed by atoms with Crippen molar-refractivity contribution < 1.29 is 13.9 Å². The second-order valence-corrected chi connectivity index (χ2v) is 6.89. The predicted octanol–water partition coefficient (Wildman–Crippen LogP) is 4.33. The number of thiocarbonyl (C=S) groups is 1. The van der Waals surface area contributed by atoms with Crippen LogP contribution in [0.2, 0.25) is 0 Å². The molecule has 4 rings (SSSR count). The van der Waals surface area contributed by atoms with E-state index in [-0.39, 0.29) is 11.0 Å². The van der Waals surface area contributed by atoms with Crippen LogP contribution < -0.4 is 15.4 Å². The Morgan fingerprint density at radius 2 is 1.97 bits per heavy atom. The molecule has 2 aromatic carbocycles. The van der Waals surface area contributed by atoms with Crippen molar-refractivity contribution in [3.05, 3.63) is 71.9 Å². The zero-order valence-corrected chi connectivity index (χ0v) is 17.1. The lowest BCUT2D eigenvalue weighted by Crippen LogP contribution is -2.34. The molecule has 0 atom stereocenters. The van der Waals surface area contributed by atoms with Crippen LogP contribution in [0.4, 0.5) is 5.69 Å². The number of methoxy groups -OCH3 is 1. The fourth-order valence-corrected chi connectivity index (χ4v) is 3.14. The first kappa shape index (κ1) is 19.5. The van der Waals surface area contributed by atoms with Crippen LogP contribution >= 0.6 is 12.2 Å². The van der Waals surface area contributed by atoms with Crippen molar-refractivity contribution in [2.45, 2.75) is 6.92 Å². The fourth-order valence-electron chi connectivity index (χ4n) is 2.94. The van der Waals surface area contributed by atoms with E-state index in [0.717, 1.165) is 16.8 Å². The van der Waals surface area contributed by atoms with Crippen molar-refractivity contribution in [2.75, 3.05) is 12.4 Å². The molecular formula is C22H18N4O3S. The second-order valence-electron chi connectivity index (χ2n) is 6.48. The number of nitrogens with zero attached hydrogens (tertiary/aromatic N) is 2. The third-order valence-corrected chi connectivity index (χ3v) is 4.68. The summed E-state index contributed by atoms with van der Waals surface area (Å²) in [6.07, 6.45) is 1.67. The third kappa shape index (κ3) is 3.99. The Labute approximate surface area is 178 Å². The minimum Gasteiger partial charge on any atom is -0.496 e. The topological polar surface area (TPSA) is 89.3 Å². The van der Waals surface area contributed by atoms with E-state index in [1.807, 2.05) is 31.2 Å². The van der Waals surface area contributed by atoms with Crippen molar-refractivity contribution >= 4 is 40.2 Å². The van der Waals surface area contributed by atoms with Gasteiger partial charge in [0, 0.05) is 17.4 Å². The molecule has 0 unspecified atom stereocenters. The first-order chi connectivity index (χ1) is 14.5. The quantitative estimate of drug-likeness (QED) is 0.477. The van der Waals surface area contributed by atoms with E-state index in [1.54, 1.807) is 36.5 Å². The lowest BCUT2D eigenvalue weighted by molar-refractivity contribution is 0.0975. The Bertz CT molecular complexity index is 1220. The Morgan fingerprint density at radius 1 is 1.13 bits per heavy atom. The first-order valence-corrected chi connectivity index (χ1v) is 9.54. The van der Waals surface area contributed by atoms with E-state index in [1.165, 1.54) is 7.11 Å². The SMILES string of the molecule is COc1ccccc1C(=O)NC(=S)Nc1cc(-c2nc3ncccc3o2)ccc1C. The summed E-state index contributed by atoms with van der Waals surface area (Å²) in [7, 11) is 1.51. The molecular weight excluding hydrogens is 400 g/mol. The van der Waals surface area contributed by atoms with Crippen molar-refractivity contribution in [3.8, 4) is 17.2 Å². The molecule has 8 heteroatoms. The molecule has 2 N–H and O–H groups in total. The summed E-state index contributed by atoms with van der Waals surface area (Å²) in [6, 6.07) is 16.2. The van der Waals surface area contributed by atoms with Crippen LogP contribution in [0.3, 0.4) is 0 Å². The van der Waals surface area contributed by atoms with Gasteiger partial charge in [-0.1, -0.05) is 18.2 Å². The van der Waals surface area contributed by atoms with E-state index >= 15 is 0 Å². The summed E-state index contributed by atoms with van der Waals surface area (Å²) in [5.74, 6) is 0.569. The van der Waals surface area contributed by atoms with Gasteiger partial charge in [0.25, 0.3) is 5.91 Å². The van der Waals surface area contributed by atoms with Gasteiger partial charge in [-0.15, -0.1) is 0 Å². The lowest BCUT2D eigenvalue weighted by Gasteiger charge is -2.13. The van der Waals surface area contributed by atoms with Crippen LogP contribution in [0.1, 0.15) is 15.9 Å². The first-order valence-electron chi connectivity index (χ1n) is 9.13. The van der Waals surface area contributed by atoms with Crippen LogP contribution in [0.25, 0.3) is 22.7 Å². The van der Waals surface area contributed by atoms with Crippen LogP contribution in [0.5, 0.6) is 5.75 Å². The zero-order valence-electron chi connectivity index (χ0n) is 16.3. The van der Waals surface area contributed by atoms with Gasteiger partial charge in [-0.05, 0) is 61.1 Å². The Hall–Kier alpha value is -3.78. The van der Waals surface area contributed by atoms with Crippen LogP contribution in [-0.4, -0.2) is 28.1 Å². The fraction of sp³-hybridized carbons (Fsp3) is 0.0909. The van der Waals surface area contributed by atoms with E-state index in [2.05, 4.69) is 20.6 Å². The number of ether oxygens (including phenoxy) is 1.